The number of hydrogen-bond acceptors (Lipinski definition) is 3. The molecule has 0 aliphatic heterocycles. The van der Waals surface area contributed by atoms with Crippen LogP contribution in [0.3, 0.4) is 0 Å². The summed E-state index contributed by atoms with van der Waals surface area (Å²) in [6.07, 6.45) is 2.84. The Bertz CT molecular complexity index is 1120. The average molecular weight is 419 g/mol. The number of carbonyl (C=O) groups is 1. The van der Waals surface area contributed by atoms with Crippen LogP contribution in [0.5, 0.6) is 0 Å². The van der Waals surface area contributed by atoms with E-state index in [4.69, 9.17) is 4.74 Å². The average Bonchev–Trinajstić information content (AvgIpc) is 3.26. The molecule has 0 saturated heterocycles. The van der Waals surface area contributed by atoms with Crippen molar-refractivity contribution in [1.82, 2.24) is 0 Å². The first-order chi connectivity index (χ1) is 14.4. The first-order valence-corrected chi connectivity index (χ1v) is 11.7. The van der Waals surface area contributed by atoms with Gasteiger partial charge in [0.1, 0.15) is 6.10 Å². The number of thiol groups is 1. The van der Waals surface area contributed by atoms with E-state index in [1.165, 1.54) is 23.6 Å². The van der Waals surface area contributed by atoms with Crippen molar-refractivity contribution in [2.24, 2.45) is 29.6 Å². The van der Waals surface area contributed by atoms with Crippen LogP contribution < -0.4 is 0 Å². The van der Waals surface area contributed by atoms with E-state index < -0.39 is 0 Å². The van der Waals surface area contributed by atoms with E-state index in [1.54, 1.807) is 0 Å². The first-order valence-electron chi connectivity index (χ1n) is 11.3. The molecule has 2 saturated carbocycles. The Hall–Kier alpha value is -2.00. The van der Waals surface area contributed by atoms with Gasteiger partial charge in [0.15, 0.2) is 0 Å². The van der Waals surface area contributed by atoms with Gasteiger partial charge in [0.25, 0.3) is 0 Å². The van der Waals surface area contributed by atoms with Crippen molar-refractivity contribution >= 4 is 40.1 Å². The molecule has 2 aliphatic rings. The molecule has 0 N–H and O–H groups in total. The molecule has 0 heterocycles. The second-order valence-corrected chi connectivity index (χ2v) is 10.1. The standard InChI is InChI=1S/C27H30O2S/c1-15-16(2)25-12-19(15)11-21(25)14-27(28)29-17(3)18-8-9-22-20(10-18)13-26(30)24-7-5-4-6-23(22)24/h4-10,13,15-17,19,21,25,30H,11-12,14H2,1-3H3. The third-order valence-electron chi connectivity index (χ3n) is 8.10. The topological polar surface area (TPSA) is 26.3 Å². The quantitative estimate of drug-likeness (QED) is 0.275. The van der Waals surface area contributed by atoms with Crippen molar-refractivity contribution in [2.75, 3.05) is 0 Å². The third kappa shape index (κ3) is 3.32. The second kappa shape index (κ2) is 7.60. The van der Waals surface area contributed by atoms with E-state index in [0.717, 1.165) is 39.0 Å². The van der Waals surface area contributed by atoms with Crippen molar-refractivity contribution in [3.8, 4) is 0 Å². The van der Waals surface area contributed by atoms with E-state index in [9.17, 15) is 4.79 Å². The maximum atomic E-state index is 12.7. The Labute approximate surface area is 184 Å². The van der Waals surface area contributed by atoms with Gasteiger partial charge in [0.05, 0.1) is 0 Å². The van der Waals surface area contributed by atoms with Gasteiger partial charge in [0, 0.05) is 11.3 Å². The molecule has 3 aromatic carbocycles. The molecular weight excluding hydrogens is 388 g/mol. The number of fused-ring (bicyclic) bond motifs is 5. The van der Waals surface area contributed by atoms with E-state index in [0.29, 0.717) is 18.3 Å². The highest BCUT2D eigenvalue weighted by Gasteiger charge is 2.49. The van der Waals surface area contributed by atoms with Gasteiger partial charge in [-0.2, -0.15) is 0 Å². The summed E-state index contributed by atoms with van der Waals surface area (Å²) < 4.78 is 5.88. The predicted molar refractivity (Wildman–Crippen MR) is 126 cm³/mol. The molecule has 2 bridgehead atoms. The monoisotopic (exact) mass is 418 g/mol. The SMILES string of the molecule is CC(OC(=O)CC1CC2CC1C(C)C2C)c1ccc2c(c1)cc(S)c1ccccc12. The van der Waals surface area contributed by atoms with Crippen LogP contribution in [0, 0.1) is 29.6 Å². The number of hydrogen-bond donors (Lipinski definition) is 1. The molecule has 6 unspecified atom stereocenters. The Morgan fingerprint density at radius 1 is 1.03 bits per heavy atom. The van der Waals surface area contributed by atoms with Gasteiger partial charge in [-0.25, -0.2) is 0 Å². The minimum absolute atomic E-state index is 0.0478. The van der Waals surface area contributed by atoms with Gasteiger partial charge in [0.2, 0.25) is 0 Å². The zero-order chi connectivity index (χ0) is 21.0. The van der Waals surface area contributed by atoms with Gasteiger partial charge in [-0.15, -0.1) is 12.6 Å². The lowest BCUT2D eigenvalue weighted by Gasteiger charge is -2.31. The van der Waals surface area contributed by atoms with Gasteiger partial charge in [-0.3, -0.25) is 4.79 Å². The molecule has 0 amide bonds. The van der Waals surface area contributed by atoms with Gasteiger partial charge in [-0.1, -0.05) is 50.2 Å². The molecule has 0 spiro atoms. The molecule has 30 heavy (non-hydrogen) atoms. The molecule has 0 radical (unpaired) electrons. The summed E-state index contributed by atoms with van der Waals surface area (Å²) in [6.45, 7) is 6.72. The largest absolute Gasteiger partial charge is 0.458 e. The lowest BCUT2D eigenvalue weighted by atomic mass is 9.74. The Kier molecular flexibility index (Phi) is 5.05. The van der Waals surface area contributed by atoms with Gasteiger partial charge in [-0.05, 0) is 88.6 Å². The fourth-order valence-corrected chi connectivity index (χ4v) is 6.56. The summed E-state index contributed by atoms with van der Waals surface area (Å²) in [6, 6.07) is 16.8. The van der Waals surface area contributed by atoms with Crippen LogP contribution in [0.4, 0.5) is 0 Å². The fourth-order valence-electron chi connectivity index (χ4n) is 6.22. The maximum Gasteiger partial charge on any atom is 0.306 e. The van der Waals surface area contributed by atoms with E-state index in [-0.39, 0.29) is 12.1 Å². The van der Waals surface area contributed by atoms with Crippen LogP contribution in [0.25, 0.3) is 21.5 Å². The molecule has 3 heteroatoms. The molecule has 0 aromatic heterocycles. The number of benzene rings is 3. The minimum Gasteiger partial charge on any atom is -0.458 e. The van der Waals surface area contributed by atoms with E-state index in [2.05, 4.69) is 68.9 Å². The molecule has 2 fully saturated rings. The maximum absolute atomic E-state index is 12.7. The van der Waals surface area contributed by atoms with Crippen molar-refractivity contribution in [1.29, 1.82) is 0 Å². The van der Waals surface area contributed by atoms with Crippen molar-refractivity contribution in [3.63, 3.8) is 0 Å². The highest BCUT2D eigenvalue weighted by Crippen LogP contribution is 2.56. The molecule has 2 aliphatic carbocycles. The number of carbonyl (C=O) groups excluding carboxylic acids is 1. The zero-order valence-corrected chi connectivity index (χ0v) is 18.9. The lowest BCUT2D eigenvalue weighted by Crippen LogP contribution is -2.26. The molecule has 2 nitrogen and oxygen atoms in total. The van der Waals surface area contributed by atoms with Crippen molar-refractivity contribution in [2.45, 2.75) is 51.0 Å². The van der Waals surface area contributed by atoms with E-state index in [1.807, 2.05) is 13.0 Å². The molecule has 156 valence electrons. The van der Waals surface area contributed by atoms with Crippen molar-refractivity contribution < 1.29 is 9.53 Å². The smallest absolute Gasteiger partial charge is 0.306 e. The van der Waals surface area contributed by atoms with Crippen LogP contribution in [-0.2, 0) is 9.53 Å². The summed E-state index contributed by atoms with van der Waals surface area (Å²) in [5.41, 5.74) is 1.04. The highest BCUT2D eigenvalue weighted by molar-refractivity contribution is 7.80. The summed E-state index contributed by atoms with van der Waals surface area (Å²) >= 11 is 4.68. The third-order valence-corrected chi connectivity index (χ3v) is 8.47. The lowest BCUT2D eigenvalue weighted by molar-refractivity contribution is -0.150. The van der Waals surface area contributed by atoms with Crippen LogP contribution in [0.15, 0.2) is 53.4 Å². The molecular formula is C27H30O2S. The fraction of sp³-hybridized carbons (Fsp3) is 0.444. The second-order valence-electron chi connectivity index (χ2n) is 9.63. The molecule has 6 atom stereocenters. The van der Waals surface area contributed by atoms with Gasteiger partial charge >= 0.3 is 5.97 Å². The van der Waals surface area contributed by atoms with Crippen LogP contribution in [0.2, 0.25) is 0 Å². The van der Waals surface area contributed by atoms with Crippen LogP contribution in [0.1, 0.15) is 51.7 Å². The van der Waals surface area contributed by atoms with Gasteiger partial charge < -0.3 is 4.74 Å². The number of ether oxygens (including phenoxy) is 1. The summed E-state index contributed by atoms with van der Waals surface area (Å²) in [7, 11) is 0. The normalized spacial score (nSPS) is 28.9. The number of esters is 1. The molecule has 3 aromatic rings. The van der Waals surface area contributed by atoms with Crippen LogP contribution >= 0.6 is 12.6 Å². The minimum atomic E-state index is -0.244. The van der Waals surface area contributed by atoms with Crippen molar-refractivity contribution in [3.05, 3.63) is 54.1 Å². The Morgan fingerprint density at radius 2 is 1.80 bits per heavy atom. The Morgan fingerprint density at radius 3 is 2.53 bits per heavy atom. The van der Waals surface area contributed by atoms with Crippen LogP contribution in [-0.4, -0.2) is 5.97 Å². The zero-order valence-electron chi connectivity index (χ0n) is 18.0. The highest BCUT2D eigenvalue weighted by atomic mass is 32.1. The summed E-state index contributed by atoms with van der Waals surface area (Å²) in [5, 5.41) is 4.71. The summed E-state index contributed by atoms with van der Waals surface area (Å²) in [5.74, 6) is 3.53. The molecule has 5 rings (SSSR count). The van der Waals surface area contributed by atoms with E-state index >= 15 is 0 Å². The predicted octanol–water partition coefficient (Wildman–Crippen LogP) is 7.20. The summed E-state index contributed by atoms with van der Waals surface area (Å²) in [4.78, 5) is 13.7. The Balaban J connectivity index is 1.32. The first kappa shape index (κ1) is 19.9. The number of rotatable bonds is 4.